The molecule has 0 aromatic rings. The monoisotopic (exact) mass is 251 g/mol. The number of nitrogens with one attached hydrogen (secondary N) is 1. The topological polar surface area (TPSA) is 39.1 Å². The number of hydrogen-bond donors (Lipinski definition) is 1. The maximum atomic E-state index is 9.09. The van der Waals surface area contributed by atoms with E-state index in [0.717, 1.165) is 31.8 Å². The van der Waals surface area contributed by atoms with Crippen LogP contribution >= 0.6 is 0 Å². The Morgan fingerprint density at radius 3 is 2.83 bits per heavy atom. The van der Waals surface area contributed by atoms with Gasteiger partial charge >= 0.3 is 0 Å². The minimum Gasteiger partial charge on any atom is -0.303 e. The Labute approximate surface area is 113 Å². The lowest BCUT2D eigenvalue weighted by atomic mass is 9.98. The molecule has 1 saturated heterocycles. The second-order valence-electron chi connectivity index (χ2n) is 5.47. The van der Waals surface area contributed by atoms with Gasteiger partial charge in [0.2, 0.25) is 0 Å². The molecular formula is C15H29N3. The van der Waals surface area contributed by atoms with Crippen molar-refractivity contribution in [1.82, 2.24) is 10.2 Å². The zero-order valence-electron chi connectivity index (χ0n) is 12.1. The first-order chi connectivity index (χ1) is 8.80. The lowest BCUT2D eigenvalue weighted by Crippen LogP contribution is -2.34. The Morgan fingerprint density at radius 2 is 2.17 bits per heavy atom. The molecule has 18 heavy (non-hydrogen) atoms. The summed E-state index contributed by atoms with van der Waals surface area (Å²) in [4.78, 5) is 2.55. The molecule has 1 aliphatic heterocycles. The molecule has 0 aliphatic carbocycles. The van der Waals surface area contributed by atoms with E-state index in [-0.39, 0.29) is 6.04 Å². The summed E-state index contributed by atoms with van der Waals surface area (Å²) in [6.07, 6.45) is 7.46. The Bertz CT molecular complexity index is 247. The molecule has 3 heteroatoms. The highest BCUT2D eigenvalue weighted by Gasteiger charge is 2.16. The van der Waals surface area contributed by atoms with Gasteiger partial charge in [-0.2, -0.15) is 5.26 Å². The summed E-state index contributed by atoms with van der Waals surface area (Å²) in [5.41, 5.74) is 0. The van der Waals surface area contributed by atoms with Crippen LogP contribution in [0.1, 0.15) is 52.4 Å². The lowest BCUT2D eigenvalue weighted by molar-refractivity contribution is 0.269. The highest BCUT2D eigenvalue weighted by atomic mass is 15.1. The van der Waals surface area contributed by atoms with E-state index in [4.69, 9.17) is 5.26 Å². The number of nitriles is 1. The molecule has 2 unspecified atom stereocenters. The van der Waals surface area contributed by atoms with Crippen LogP contribution in [0.3, 0.4) is 0 Å². The Hall–Kier alpha value is -0.590. The van der Waals surface area contributed by atoms with Gasteiger partial charge in [0.15, 0.2) is 0 Å². The van der Waals surface area contributed by atoms with Gasteiger partial charge < -0.3 is 10.2 Å². The van der Waals surface area contributed by atoms with Gasteiger partial charge in [0.05, 0.1) is 12.1 Å². The van der Waals surface area contributed by atoms with Crippen molar-refractivity contribution < 1.29 is 0 Å². The van der Waals surface area contributed by atoms with Gasteiger partial charge in [0.1, 0.15) is 0 Å². The van der Waals surface area contributed by atoms with Crippen molar-refractivity contribution >= 4 is 0 Å². The lowest BCUT2D eigenvalue weighted by Gasteiger charge is -2.21. The highest BCUT2D eigenvalue weighted by molar-refractivity contribution is 4.90. The van der Waals surface area contributed by atoms with Gasteiger partial charge in [0.25, 0.3) is 0 Å². The van der Waals surface area contributed by atoms with Crippen LogP contribution in [0.25, 0.3) is 0 Å². The van der Waals surface area contributed by atoms with E-state index in [2.05, 4.69) is 30.1 Å². The number of rotatable bonds is 7. The molecule has 0 bridgehead atoms. The molecule has 3 nitrogen and oxygen atoms in total. The molecule has 0 aromatic heterocycles. The summed E-state index contributed by atoms with van der Waals surface area (Å²) in [7, 11) is 0. The normalized spacial score (nSPS) is 23.3. The molecule has 0 spiro atoms. The van der Waals surface area contributed by atoms with Gasteiger partial charge in [-0.15, -0.1) is 0 Å². The van der Waals surface area contributed by atoms with Crippen molar-refractivity contribution in [3.05, 3.63) is 0 Å². The summed E-state index contributed by atoms with van der Waals surface area (Å²) < 4.78 is 0. The molecule has 2 atom stereocenters. The van der Waals surface area contributed by atoms with Gasteiger partial charge in [-0.1, -0.05) is 20.3 Å². The maximum Gasteiger partial charge on any atom is 0.0965 e. The van der Waals surface area contributed by atoms with Crippen LogP contribution in [0, 0.1) is 17.2 Å². The fraction of sp³-hybridized carbons (Fsp3) is 0.933. The number of nitrogens with zero attached hydrogens (tertiary/aromatic N) is 2. The third-order valence-electron chi connectivity index (χ3n) is 4.05. The second-order valence-corrected chi connectivity index (χ2v) is 5.47. The first-order valence-electron chi connectivity index (χ1n) is 7.65. The molecule has 104 valence electrons. The molecule has 0 radical (unpaired) electrons. The molecule has 1 N–H and O–H groups in total. The van der Waals surface area contributed by atoms with E-state index >= 15 is 0 Å². The molecule has 0 amide bonds. The minimum absolute atomic E-state index is 0.0372. The Morgan fingerprint density at radius 1 is 1.33 bits per heavy atom. The van der Waals surface area contributed by atoms with Crippen LogP contribution in [0.2, 0.25) is 0 Å². The van der Waals surface area contributed by atoms with E-state index < -0.39 is 0 Å². The molecular weight excluding hydrogens is 222 g/mol. The van der Waals surface area contributed by atoms with Crippen LogP contribution in [0.5, 0.6) is 0 Å². The van der Waals surface area contributed by atoms with E-state index in [0.29, 0.717) is 0 Å². The SMILES string of the molecule is CCCNC(C#N)CCN1CCCC(CC)CC1. The van der Waals surface area contributed by atoms with Crippen LogP contribution in [-0.4, -0.2) is 37.1 Å². The Kier molecular flexibility index (Phi) is 8.04. The fourth-order valence-corrected chi connectivity index (χ4v) is 2.70. The predicted molar refractivity (Wildman–Crippen MR) is 76.4 cm³/mol. The van der Waals surface area contributed by atoms with Crippen LogP contribution < -0.4 is 5.32 Å². The largest absolute Gasteiger partial charge is 0.303 e. The summed E-state index contributed by atoms with van der Waals surface area (Å²) in [5, 5.41) is 12.4. The smallest absolute Gasteiger partial charge is 0.0965 e. The van der Waals surface area contributed by atoms with Gasteiger partial charge in [-0.25, -0.2) is 0 Å². The molecule has 1 aliphatic rings. The number of hydrogen-bond acceptors (Lipinski definition) is 3. The van der Waals surface area contributed by atoms with Crippen molar-refractivity contribution in [2.24, 2.45) is 5.92 Å². The molecule has 0 saturated carbocycles. The van der Waals surface area contributed by atoms with E-state index in [1.54, 1.807) is 0 Å². The van der Waals surface area contributed by atoms with Crippen molar-refractivity contribution in [2.75, 3.05) is 26.2 Å². The van der Waals surface area contributed by atoms with Crippen molar-refractivity contribution in [3.63, 3.8) is 0 Å². The highest BCUT2D eigenvalue weighted by Crippen LogP contribution is 2.20. The predicted octanol–water partition coefficient (Wildman–Crippen LogP) is 2.78. The summed E-state index contributed by atoms with van der Waals surface area (Å²) >= 11 is 0. The summed E-state index contributed by atoms with van der Waals surface area (Å²) in [6.45, 7) is 8.93. The summed E-state index contributed by atoms with van der Waals surface area (Å²) in [6, 6.07) is 2.41. The van der Waals surface area contributed by atoms with E-state index in [9.17, 15) is 0 Å². The van der Waals surface area contributed by atoms with Crippen molar-refractivity contribution in [1.29, 1.82) is 5.26 Å². The minimum atomic E-state index is 0.0372. The van der Waals surface area contributed by atoms with Crippen LogP contribution in [0.4, 0.5) is 0 Å². The quantitative estimate of drug-likeness (QED) is 0.756. The van der Waals surface area contributed by atoms with E-state index in [1.165, 1.54) is 38.8 Å². The molecule has 0 aromatic carbocycles. The van der Waals surface area contributed by atoms with Gasteiger partial charge in [-0.05, 0) is 57.7 Å². The van der Waals surface area contributed by atoms with Crippen molar-refractivity contribution in [2.45, 2.75) is 58.4 Å². The fourth-order valence-electron chi connectivity index (χ4n) is 2.70. The third-order valence-corrected chi connectivity index (χ3v) is 4.05. The molecule has 1 rings (SSSR count). The summed E-state index contributed by atoms with van der Waals surface area (Å²) in [5.74, 6) is 0.931. The standard InChI is InChI=1S/C15H29N3/c1-3-9-17-15(13-16)8-12-18-10-5-6-14(4-2)7-11-18/h14-15,17H,3-12H2,1-2H3. The molecule has 1 fully saturated rings. The average molecular weight is 251 g/mol. The first-order valence-corrected chi connectivity index (χ1v) is 7.65. The zero-order valence-corrected chi connectivity index (χ0v) is 12.1. The first kappa shape index (κ1) is 15.5. The average Bonchev–Trinajstić information content (AvgIpc) is 2.64. The molecule has 1 heterocycles. The Balaban J connectivity index is 2.23. The van der Waals surface area contributed by atoms with Gasteiger partial charge in [0, 0.05) is 6.54 Å². The van der Waals surface area contributed by atoms with Crippen LogP contribution in [-0.2, 0) is 0 Å². The van der Waals surface area contributed by atoms with Crippen LogP contribution in [0.15, 0.2) is 0 Å². The zero-order chi connectivity index (χ0) is 13.2. The van der Waals surface area contributed by atoms with E-state index in [1.807, 2.05) is 0 Å². The third kappa shape index (κ3) is 5.84. The van der Waals surface area contributed by atoms with Gasteiger partial charge in [-0.3, -0.25) is 0 Å². The van der Waals surface area contributed by atoms with Crippen molar-refractivity contribution in [3.8, 4) is 6.07 Å². The number of likely N-dealkylation sites (tertiary alicyclic amines) is 1. The second kappa shape index (κ2) is 9.35. The maximum absolute atomic E-state index is 9.09.